The van der Waals surface area contributed by atoms with E-state index in [2.05, 4.69) is 42.7 Å². The van der Waals surface area contributed by atoms with E-state index < -0.39 is 0 Å². The molecule has 0 aliphatic heterocycles. The molecule has 0 unspecified atom stereocenters. The molecule has 33 heavy (non-hydrogen) atoms. The van der Waals surface area contributed by atoms with Gasteiger partial charge in [0, 0.05) is 17.7 Å². The number of nitrogens with one attached hydrogen (secondary N) is 2. The molecule has 7 heteroatoms. The first kappa shape index (κ1) is 22.9. The number of carbonyl (C=O) groups is 1. The summed E-state index contributed by atoms with van der Waals surface area (Å²) in [4.78, 5) is 17.2. The van der Waals surface area contributed by atoms with Crippen LogP contribution in [0.4, 0.5) is 0 Å². The lowest BCUT2D eigenvalue weighted by Gasteiger charge is -2.12. The molecule has 168 valence electrons. The number of thiocarbonyl (C=S) groups is 1. The number of carbonyl (C=O) groups excluding carboxylic acids is 1. The van der Waals surface area contributed by atoms with Gasteiger partial charge in [-0.2, -0.15) is 0 Å². The number of hydrogen-bond acceptors (Lipinski definition) is 5. The number of rotatable bonds is 7. The molecule has 0 atom stereocenters. The molecule has 1 aromatic heterocycles. The summed E-state index contributed by atoms with van der Waals surface area (Å²) >= 11 is 6.98. The average Bonchev–Trinajstić information content (AvgIpc) is 3.26. The van der Waals surface area contributed by atoms with Gasteiger partial charge >= 0.3 is 0 Å². The normalized spacial score (nSPS) is 10.9. The fourth-order valence-electron chi connectivity index (χ4n) is 3.15. The summed E-state index contributed by atoms with van der Waals surface area (Å²) in [6, 6.07) is 23.4. The fourth-order valence-corrected chi connectivity index (χ4v) is 4.29. The van der Waals surface area contributed by atoms with Crippen LogP contribution in [-0.4, -0.2) is 22.6 Å². The van der Waals surface area contributed by atoms with E-state index in [1.807, 2.05) is 36.4 Å². The summed E-state index contributed by atoms with van der Waals surface area (Å²) < 4.78 is 6.87. The highest BCUT2D eigenvalue weighted by molar-refractivity contribution is 7.80. The molecule has 3 aromatic carbocycles. The predicted molar refractivity (Wildman–Crippen MR) is 139 cm³/mol. The topological polar surface area (TPSA) is 63.2 Å². The van der Waals surface area contributed by atoms with Crippen molar-refractivity contribution in [3.8, 4) is 16.3 Å². The molecule has 1 amide bonds. The lowest BCUT2D eigenvalue weighted by molar-refractivity contribution is 0.0976. The van der Waals surface area contributed by atoms with E-state index in [-0.39, 0.29) is 11.0 Å². The molecule has 4 aromatic rings. The van der Waals surface area contributed by atoms with Gasteiger partial charge in [0.1, 0.15) is 10.8 Å². The number of aromatic nitrogens is 1. The number of thiazole rings is 1. The van der Waals surface area contributed by atoms with Crippen LogP contribution in [0.1, 0.15) is 29.8 Å². The van der Waals surface area contributed by atoms with Gasteiger partial charge in [0.15, 0.2) is 5.11 Å². The Hall–Kier alpha value is -3.29. The van der Waals surface area contributed by atoms with Crippen molar-refractivity contribution >= 4 is 44.8 Å². The third kappa shape index (κ3) is 6.15. The number of amides is 1. The Morgan fingerprint density at radius 2 is 1.85 bits per heavy atom. The summed E-state index contributed by atoms with van der Waals surface area (Å²) in [5.74, 6) is 0.812. The second-order valence-electron chi connectivity index (χ2n) is 8.05. The predicted octanol–water partition coefficient (Wildman–Crippen LogP) is 5.80. The van der Waals surface area contributed by atoms with Gasteiger partial charge in [-0.15, -0.1) is 11.3 Å². The molecule has 0 aliphatic rings. The molecule has 0 aliphatic carbocycles. The van der Waals surface area contributed by atoms with Gasteiger partial charge < -0.3 is 10.1 Å². The zero-order valence-electron chi connectivity index (χ0n) is 18.5. The Morgan fingerprint density at radius 1 is 1.06 bits per heavy atom. The summed E-state index contributed by atoms with van der Waals surface area (Å²) in [5.41, 5.74) is 3.65. The van der Waals surface area contributed by atoms with E-state index in [1.165, 1.54) is 4.70 Å². The Morgan fingerprint density at radius 3 is 2.61 bits per heavy atom. The van der Waals surface area contributed by atoms with Gasteiger partial charge in [-0.3, -0.25) is 10.1 Å². The van der Waals surface area contributed by atoms with Crippen molar-refractivity contribution in [2.75, 3.05) is 6.61 Å². The molecular formula is C26H25N3O2S2. The molecule has 4 rings (SSSR count). The third-order valence-electron chi connectivity index (χ3n) is 4.85. The van der Waals surface area contributed by atoms with Crippen molar-refractivity contribution in [3.05, 3.63) is 83.9 Å². The van der Waals surface area contributed by atoms with Crippen molar-refractivity contribution in [1.82, 2.24) is 15.6 Å². The van der Waals surface area contributed by atoms with Crippen LogP contribution in [0.2, 0.25) is 0 Å². The van der Waals surface area contributed by atoms with Crippen molar-refractivity contribution < 1.29 is 9.53 Å². The molecule has 5 nitrogen and oxygen atoms in total. The van der Waals surface area contributed by atoms with Gasteiger partial charge in [-0.1, -0.05) is 56.3 Å². The van der Waals surface area contributed by atoms with Crippen LogP contribution in [-0.2, 0) is 6.54 Å². The minimum Gasteiger partial charge on any atom is -0.493 e. The van der Waals surface area contributed by atoms with Crippen LogP contribution in [0.15, 0.2) is 72.8 Å². The lowest BCUT2D eigenvalue weighted by Crippen LogP contribution is -2.38. The van der Waals surface area contributed by atoms with Gasteiger partial charge in [0.2, 0.25) is 0 Å². The molecule has 0 saturated carbocycles. The van der Waals surface area contributed by atoms with Gasteiger partial charge in [-0.05, 0) is 54.0 Å². The highest BCUT2D eigenvalue weighted by atomic mass is 32.1. The third-order valence-corrected chi connectivity index (χ3v) is 6.19. The highest BCUT2D eigenvalue weighted by Crippen LogP contribution is 2.30. The zero-order chi connectivity index (χ0) is 23.2. The van der Waals surface area contributed by atoms with Crippen molar-refractivity contribution in [1.29, 1.82) is 0 Å². The zero-order valence-corrected chi connectivity index (χ0v) is 20.1. The quantitative estimate of drug-likeness (QED) is 0.331. The van der Waals surface area contributed by atoms with E-state index in [9.17, 15) is 4.79 Å². The van der Waals surface area contributed by atoms with E-state index in [1.54, 1.807) is 29.5 Å². The first-order chi connectivity index (χ1) is 16.0. The average molecular weight is 476 g/mol. The minimum absolute atomic E-state index is 0.270. The Labute approximate surface area is 202 Å². The largest absolute Gasteiger partial charge is 0.493 e. The van der Waals surface area contributed by atoms with E-state index >= 15 is 0 Å². The monoisotopic (exact) mass is 475 g/mol. The summed E-state index contributed by atoms with van der Waals surface area (Å²) in [5, 5.41) is 7.10. The van der Waals surface area contributed by atoms with E-state index in [0.717, 1.165) is 21.7 Å². The van der Waals surface area contributed by atoms with Gasteiger partial charge in [-0.25, -0.2) is 4.98 Å². The van der Waals surface area contributed by atoms with Crippen LogP contribution in [0.5, 0.6) is 5.75 Å². The maximum atomic E-state index is 12.5. The van der Waals surface area contributed by atoms with Crippen molar-refractivity contribution in [2.45, 2.75) is 20.4 Å². The first-order valence-electron chi connectivity index (χ1n) is 10.7. The molecule has 2 N–H and O–H groups in total. The molecule has 1 heterocycles. The number of hydrogen-bond donors (Lipinski definition) is 2. The van der Waals surface area contributed by atoms with Crippen molar-refractivity contribution in [3.63, 3.8) is 0 Å². The Balaban J connectivity index is 1.30. The van der Waals surface area contributed by atoms with E-state index in [0.29, 0.717) is 30.4 Å². The molecule has 0 fully saturated rings. The van der Waals surface area contributed by atoms with Crippen LogP contribution < -0.4 is 15.4 Å². The van der Waals surface area contributed by atoms with Crippen LogP contribution in [0.3, 0.4) is 0 Å². The summed E-state index contributed by atoms with van der Waals surface area (Å²) in [7, 11) is 0. The molecule has 0 radical (unpaired) electrons. The SMILES string of the molecule is CC(C)COc1cccc(C(=O)NC(=S)NCc2ccc(-c3nc4ccccc4s3)cc2)c1. The molecule has 0 bridgehead atoms. The smallest absolute Gasteiger partial charge is 0.257 e. The second-order valence-corrected chi connectivity index (χ2v) is 9.49. The number of fused-ring (bicyclic) bond motifs is 1. The van der Waals surface area contributed by atoms with Crippen molar-refractivity contribution in [2.24, 2.45) is 5.92 Å². The number of nitrogens with zero attached hydrogens (tertiary/aromatic N) is 1. The Bertz CT molecular complexity index is 1230. The van der Waals surface area contributed by atoms with Gasteiger partial charge in [0.25, 0.3) is 5.91 Å². The fraction of sp³-hybridized carbons (Fsp3) is 0.192. The Kier molecular flexibility index (Phi) is 7.32. The maximum absolute atomic E-state index is 12.5. The first-order valence-corrected chi connectivity index (χ1v) is 12.0. The summed E-state index contributed by atoms with van der Waals surface area (Å²) in [6.07, 6.45) is 0. The van der Waals surface area contributed by atoms with E-state index in [4.69, 9.17) is 21.9 Å². The number of para-hydroxylation sites is 1. The number of benzene rings is 3. The maximum Gasteiger partial charge on any atom is 0.257 e. The van der Waals surface area contributed by atoms with Gasteiger partial charge in [0.05, 0.1) is 16.8 Å². The van der Waals surface area contributed by atoms with Crippen LogP contribution >= 0.6 is 23.6 Å². The lowest BCUT2D eigenvalue weighted by atomic mass is 10.1. The van der Waals surface area contributed by atoms with Crippen LogP contribution in [0.25, 0.3) is 20.8 Å². The highest BCUT2D eigenvalue weighted by Gasteiger charge is 2.10. The standard InChI is InChI=1S/C26H25N3O2S2/c1-17(2)16-31-21-7-5-6-20(14-21)24(30)29-26(32)27-15-18-10-12-19(13-11-18)25-28-22-8-3-4-9-23(22)33-25/h3-14,17H,15-16H2,1-2H3,(H2,27,29,30,32). The molecular weight excluding hydrogens is 450 g/mol. The van der Waals surface area contributed by atoms with Crippen LogP contribution in [0, 0.1) is 5.92 Å². The molecule has 0 spiro atoms. The second kappa shape index (κ2) is 10.6. The minimum atomic E-state index is -0.270. The number of ether oxygens (including phenoxy) is 1. The summed E-state index contributed by atoms with van der Waals surface area (Å²) in [6.45, 7) is 5.27. The molecule has 0 saturated heterocycles.